The Balaban J connectivity index is 3.15. The third kappa shape index (κ3) is 2.48. The summed E-state index contributed by atoms with van der Waals surface area (Å²) in [6.07, 6.45) is 0.696. The Morgan fingerprint density at radius 2 is 2.14 bits per heavy atom. The summed E-state index contributed by atoms with van der Waals surface area (Å²) in [6.45, 7) is 4.07. The number of carboxylic acids is 1. The normalized spacial score (nSPS) is 10.6. The first kappa shape index (κ1) is 11.1. The van der Waals surface area contributed by atoms with Crippen molar-refractivity contribution in [3.05, 3.63) is 34.3 Å². The average molecular weight is 213 g/mol. The van der Waals surface area contributed by atoms with E-state index >= 15 is 0 Å². The molecule has 76 valence electrons. The van der Waals surface area contributed by atoms with E-state index in [1.54, 1.807) is 18.2 Å². The van der Waals surface area contributed by atoms with Crippen LogP contribution in [0.25, 0.3) is 0 Å². The molecule has 0 aliphatic heterocycles. The standard InChI is InChI=1S/C11H13ClO2/c1-7(2)6-9-8(11(13)14)4-3-5-10(9)12/h3-5,7H,6H2,1-2H3,(H,13,14). The van der Waals surface area contributed by atoms with Crippen LogP contribution in [0.3, 0.4) is 0 Å². The van der Waals surface area contributed by atoms with Crippen LogP contribution in [0.4, 0.5) is 0 Å². The molecule has 0 amide bonds. The van der Waals surface area contributed by atoms with Crippen LogP contribution in [0.15, 0.2) is 18.2 Å². The second-order valence-corrected chi connectivity index (χ2v) is 4.08. The average Bonchev–Trinajstić information content (AvgIpc) is 2.07. The van der Waals surface area contributed by atoms with E-state index in [0.29, 0.717) is 22.9 Å². The summed E-state index contributed by atoms with van der Waals surface area (Å²) in [5, 5.41) is 9.48. The lowest BCUT2D eigenvalue weighted by Crippen LogP contribution is -2.05. The summed E-state index contributed by atoms with van der Waals surface area (Å²) >= 11 is 5.95. The van der Waals surface area contributed by atoms with Gasteiger partial charge >= 0.3 is 5.97 Å². The van der Waals surface area contributed by atoms with E-state index in [1.807, 2.05) is 13.8 Å². The van der Waals surface area contributed by atoms with E-state index in [-0.39, 0.29) is 0 Å². The van der Waals surface area contributed by atoms with Gasteiger partial charge in [-0.25, -0.2) is 4.79 Å². The summed E-state index contributed by atoms with van der Waals surface area (Å²) in [5.41, 5.74) is 1.04. The second kappa shape index (κ2) is 4.47. The minimum absolute atomic E-state index is 0.311. The van der Waals surface area contributed by atoms with Crippen molar-refractivity contribution in [3.8, 4) is 0 Å². The van der Waals surface area contributed by atoms with Crippen LogP contribution in [0.2, 0.25) is 5.02 Å². The highest BCUT2D eigenvalue weighted by molar-refractivity contribution is 6.31. The molecule has 1 aromatic carbocycles. The first-order valence-electron chi connectivity index (χ1n) is 4.53. The molecule has 0 saturated carbocycles. The number of aromatic carboxylic acids is 1. The number of carboxylic acid groups (broad SMARTS) is 1. The number of benzene rings is 1. The van der Waals surface area contributed by atoms with Crippen molar-refractivity contribution in [2.24, 2.45) is 5.92 Å². The zero-order chi connectivity index (χ0) is 10.7. The molecule has 0 aromatic heterocycles. The molecule has 0 unspecified atom stereocenters. The fourth-order valence-corrected chi connectivity index (χ4v) is 1.63. The first-order chi connectivity index (χ1) is 6.52. The SMILES string of the molecule is CC(C)Cc1c(Cl)cccc1C(=O)O. The number of hydrogen-bond acceptors (Lipinski definition) is 1. The highest BCUT2D eigenvalue weighted by Crippen LogP contribution is 2.23. The van der Waals surface area contributed by atoms with Gasteiger partial charge in [-0.05, 0) is 30.0 Å². The van der Waals surface area contributed by atoms with Gasteiger partial charge in [-0.1, -0.05) is 31.5 Å². The largest absolute Gasteiger partial charge is 0.478 e. The van der Waals surface area contributed by atoms with Gasteiger partial charge in [-0.3, -0.25) is 0 Å². The van der Waals surface area contributed by atoms with Crippen molar-refractivity contribution >= 4 is 17.6 Å². The maximum Gasteiger partial charge on any atom is 0.336 e. The monoisotopic (exact) mass is 212 g/mol. The van der Waals surface area contributed by atoms with Crippen molar-refractivity contribution in [2.75, 3.05) is 0 Å². The molecular weight excluding hydrogens is 200 g/mol. The predicted molar refractivity (Wildman–Crippen MR) is 57.0 cm³/mol. The molecule has 0 bridgehead atoms. The molecule has 2 nitrogen and oxygen atoms in total. The van der Waals surface area contributed by atoms with Crippen LogP contribution in [-0.4, -0.2) is 11.1 Å². The van der Waals surface area contributed by atoms with Gasteiger partial charge in [0.25, 0.3) is 0 Å². The first-order valence-corrected chi connectivity index (χ1v) is 4.91. The highest BCUT2D eigenvalue weighted by Gasteiger charge is 2.13. The fraction of sp³-hybridized carbons (Fsp3) is 0.364. The van der Waals surface area contributed by atoms with Gasteiger partial charge < -0.3 is 5.11 Å². The molecule has 0 atom stereocenters. The molecule has 0 saturated heterocycles. The number of carbonyl (C=O) groups is 1. The number of hydrogen-bond donors (Lipinski definition) is 1. The Hall–Kier alpha value is -1.02. The Morgan fingerprint density at radius 1 is 1.50 bits per heavy atom. The van der Waals surface area contributed by atoms with E-state index in [1.165, 1.54) is 0 Å². The lowest BCUT2D eigenvalue weighted by molar-refractivity contribution is 0.0695. The number of halogens is 1. The smallest absolute Gasteiger partial charge is 0.336 e. The van der Waals surface area contributed by atoms with Crippen LogP contribution in [-0.2, 0) is 6.42 Å². The number of rotatable bonds is 3. The molecule has 0 spiro atoms. The summed E-state index contributed by atoms with van der Waals surface area (Å²) in [7, 11) is 0. The third-order valence-electron chi connectivity index (χ3n) is 1.96. The molecule has 1 rings (SSSR count). The Kier molecular flexibility index (Phi) is 3.53. The van der Waals surface area contributed by atoms with Gasteiger partial charge in [0.15, 0.2) is 0 Å². The second-order valence-electron chi connectivity index (χ2n) is 3.67. The summed E-state index contributed by atoms with van der Waals surface area (Å²) in [6, 6.07) is 4.98. The van der Waals surface area contributed by atoms with Gasteiger partial charge in [0.1, 0.15) is 0 Å². The molecule has 0 aliphatic carbocycles. The molecule has 0 heterocycles. The summed E-state index contributed by atoms with van der Waals surface area (Å²) in [4.78, 5) is 10.9. The fourth-order valence-electron chi connectivity index (χ4n) is 1.37. The van der Waals surface area contributed by atoms with Gasteiger partial charge in [0.2, 0.25) is 0 Å². The van der Waals surface area contributed by atoms with Crippen LogP contribution in [0, 0.1) is 5.92 Å². The zero-order valence-corrected chi connectivity index (χ0v) is 9.01. The molecule has 1 aromatic rings. The Labute approximate surface area is 88.5 Å². The molecule has 0 radical (unpaired) electrons. The maximum atomic E-state index is 10.9. The van der Waals surface area contributed by atoms with Crippen LogP contribution < -0.4 is 0 Å². The van der Waals surface area contributed by atoms with Crippen LogP contribution >= 0.6 is 11.6 Å². The minimum atomic E-state index is -0.914. The van der Waals surface area contributed by atoms with Crippen molar-refractivity contribution in [1.82, 2.24) is 0 Å². The Bertz CT molecular complexity index is 345. The van der Waals surface area contributed by atoms with Gasteiger partial charge in [0, 0.05) is 5.02 Å². The Morgan fingerprint density at radius 3 is 2.64 bits per heavy atom. The molecule has 1 N–H and O–H groups in total. The predicted octanol–water partition coefficient (Wildman–Crippen LogP) is 3.24. The van der Waals surface area contributed by atoms with Gasteiger partial charge in [-0.15, -0.1) is 0 Å². The quantitative estimate of drug-likeness (QED) is 0.835. The minimum Gasteiger partial charge on any atom is -0.478 e. The summed E-state index contributed by atoms with van der Waals surface area (Å²) in [5.74, 6) is -0.517. The van der Waals surface area contributed by atoms with Crippen molar-refractivity contribution in [1.29, 1.82) is 0 Å². The van der Waals surface area contributed by atoms with Gasteiger partial charge in [0.05, 0.1) is 5.56 Å². The molecule has 0 aliphatic rings. The van der Waals surface area contributed by atoms with Crippen molar-refractivity contribution in [3.63, 3.8) is 0 Å². The highest BCUT2D eigenvalue weighted by atomic mass is 35.5. The van der Waals surface area contributed by atoms with Crippen molar-refractivity contribution < 1.29 is 9.90 Å². The lowest BCUT2D eigenvalue weighted by atomic mass is 9.98. The van der Waals surface area contributed by atoms with Crippen LogP contribution in [0.1, 0.15) is 29.8 Å². The van der Waals surface area contributed by atoms with Gasteiger partial charge in [-0.2, -0.15) is 0 Å². The topological polar surface area (TPSA) is 37.3 Å². The van der Waals surface area contributed by atoms with E-state index in [4.69, 9.17) is 16.7 Å². The van der Waals surface area contributed by atoms with E-state index in [9.17, 15) is 4.79 Å². The van der Waals surface area contributed by atoms with E-state index in [0.717, 1.165) is 5.56 Å². The van der Waals surface area contributed by atoms with E-state index < -0.39 is 5.97 Å². The lowest BCUT2D eigenvalue weighted by Gasteiger charge is -2.10. The zero-order valence-electron chi connectivity index (χ0n) is 8.25. The maximum absolute atomic E-state index is 10.9. The molecule has 14 heavy (non-hydrogen) atoms. The third-order valence-corrected chi connectivity index (χ3v) is 2.32. The molecular formula is C11H13ClO2. The van der Waals surface area contributed by atoms with E-state index in [2.05, 4.69) is 0 Å². The van der Waals surface area contributed by atoms with Crippen molar-refractivity contribution in [2.45, 2.75) is 20.3 Å². The van der Waals surface area contributed by atoms with Crippen LogP contribution in [0.5, 0.6) is 0 Å². The summed E-state index contributed by atoms with van der Waals surface area (Å²) < 4.78 is 0. The molecule has 0 fully saturated rings. The molecule has 3 heteroatoms.